The number of halogens is 1. The van der Waals surface area contributed by atoms with Gasteiger partial charge in [-0.05, 0) is 49.8 Å². The molecular formula is C23H35FN4O2. The molecule has 3 rings (SSSR count). The molecule has 2 N–H and O–H groups in total. The van der Waals surface area contributed by atoms with Gasteiger partial charge in [-0.25, -0.2) is 4.39 Å². The molecule has 0 spiro atoms. The van der Waals surface area contributed by atoms with Crippen LogP contribution in [0.3, 0.4) is 0 Å². The number of unbranched alkanes of at least 4 members (excludes halogenated alkanes) is 2. The molecular weight excluding hydrogens is 383 g/mol. The zero-order chi connectivity index (χ0) is 21.3. The molecule has 2 saturated heterocycles. The van der Waals surface area contributed by atoms with Crippen LogP contribution in [0.15, 0.2) is 24.3 Å². The van der Waals surface area contributed by atoms with E-state index in [1.54, 1.807) is 9.80 Å². The average molecular weight is 419 g/mol. The number of hydrogen-bond acceptors (Lipinski definition) is 4. The standard InChI is InChI=1S/C23H35FN4O2/c1-27(23(30)17-28-15-7-3-5-9-22(28)29)14-6-2-4-8-20-16-21(26-25-20)18-10-12-19(24)13-11-18/h10-13,20-21,25-26H,2-9,14-17H2,1H3. The topological polar surface area (TPSA) is 64.7 Å². The molecule has 0 aromatic heterocycles. The van der Waals surface area contributed by atoms with Crippen molar-refractivity contribution in [2.75, 3.05) is 26.7 Å². The minimum atomic E-state index is -0.206. The number of hydrogen-bond donors (Lipinski definition) is 2. The summed E-state index contributed by atoms with van der Waals surface area (Å²) in [6.45, 7) is 1.66. The predicted octanol–water partition coefficient (Wildman–Crippen LogP) is 3.15. The van der Waals surface area contributed by atoms with Crippen molar-refractivity contribution in [3.05, 3.63) is 35.6 Å². The molecule has 0 saturated carbocycles. The Kier molecular flexibility index (Phi) is 8.63. The number of carbonyl (C=O) groups is 2. The second kappa shape index (κ2) is 11.4. The van der Waals surface area contributed by atoms with E-state index >= 15 is 0 Å². The van der Waals surface area contributed by atoms with Crippen LogP contribution in [0, 0.1) is 5.82 Å². The highest BCUT2D eigenvalue weighted by Crippen LogP contribution is 2.24. The van der Waals surface area contributed by atoms with Crippen LogP contribution in [0.2, 0.25) is 0 Å². The quantitative estimate of drug-likeness (QED) is 0.605. The van der Waals surface area contributed by atoms with Gasteiger partial charge in [-0.15, -0.1) is 0 Å². The number of carbonyl (C=O) groups excluding carboxylic acids is 2. The maximum atomic E-state index is 13.1. The van der Waals surface area contributed by atoms with Crippen LogP contribution < -0.4 is 10.9 Å². The van der Waals surface area contributed by atoms with Crippen molar-refractivity contribution >= 4 is 11.8 Å². The number of benzene rings is 1. The van der Waals surface area contributed by atoms with E-state index in [0.29, 0.717) is 19.0 Å². The molecule has 0 aliphatic carbocycles. The third kappa shape index (κ3) is 6.77. The number of nitrogens with zero attached hydrogens (tertiary/aromatic N) is 2. The van der Waals surface area contributed by atoms with E-state index in [4.69, 9.17) is 0 Å². The fraction of sp³-hybridized carbons (Fsp3) is 0.652. The van der Waals surface area contributed by atoms with Gasteiger partial charge in [0.1, 0.15) is 5.82 Å². The Morgan fingerprint density at radius 2 is 1.93 bits per heavy atom. The van der Waals surface area contributed by atoms with Crippen molar-refractivity contribution in [2.24, 2.45) is 0 Å². The summed E-state index contributed by atoms with van der Waals surface area (Å²) < 4.78 is 13.1. The molecule has 0 bridgehead atoms. The van der Waals surface area contributed by atoms with E-state index in [1.807, 2.05) is 19.2 Å². The normalized spacial score (nSPS) is 22.2. The number of nitrogens with one attached hydrogen (secondary N) is 2. The van der Waals surface area contributed by atoms with Crippen molar-refractivity contribution < 1.29 is 14.0 Å². The first-order chi connectivity index (χ1) is 14.5. The van der Waals surface area contributed by atoms with Crippen LogP contribution in [0.1, 0.15) is 69.4 Å². The maximum Gasteiger partial charge on any atom is 0.241 e. The zero-order valence-corrected chi connectivity index (χ0v) is 18.0. The smallest absolute Gasteiger partial charge is 0.241 e. The van der Waals surface area contributed by atoms with Gasteiger partial charge in [-0.3, -0.25) is 20.4 Å². The van der Waals surface area contributed by atoms with Gasteiger partial charge in [-0.1, -0.05) is 31.4 Å². The largest absolute Gasteiger partial charge is 0.344 e. The lowest BCUT2D eigenvalue weighted by molar-refractivity contribution is -0.139. The summed E-state index contributed by atoms with van der Waals surface area (Å²) in [4.78, 5) is 28.0. The van der Waals surface area contributed by atoms with E-state index in [2.05, 4.69) is 10.9 Å². The summed E-state index contributed by atoms with van der Waals surface area (Å²) in [5, 5.41) is 0. The minimum Gasteiger partial charge on any atom is -0.344 e. The van der Waals surface area contributed by atoms with E-state index in [1.165, 1.54) is 12.1 Å². The number of likely N-dealkylation sites (N-methyl/N-ethyl adjacent to an activating group) is 1. The van der Waals surface area contributed by atoms with Crippen molar-refractivity contribution in [3.63, 3.8) is 0 Å². The van der Waals surface area contributed by atoms with Gasteiger partial charge in [-0.2, -0.15) is 0 Å². The average Bonchev–Trinajstić information content (AvgIpc) is 3.12. The van der Waals surface area contributed by atoms with Crippen LogP contribution in [-0.4, -0.2) is 54.3 Å². The van der Waals surface area contributed by atoms with Gasteiger partial charge in [0.25, 0.3) is 0 Å². The first kappa shape index (κ1) is 22.7. The second-order valence-corrected chi connectivity index (χ2v) is 8.62. The molecule has 2 unspecified atom stereocenters. The maximum absolute atomic E-state index is 13.1. The third-order valence-electron chi connectivity index (χ3n) is 6.22. The van der Waals surface area contributed by atoms with E-state index in [-0.39, 0.29) is 30.2 Å². The zero-order valence-electron chi connectivity index (χ0n) is 18.0. The van der Waals surface area contributed by atoms with E-state index < -0.39 is 0 Å². The molecule has 2 heterocycles. The number of hydrazine groups is 1. The fourth-order valence-corrected chi connectivity index (χ4v) is 4.26. The highest BCUT2D eigenvalue weighted by molar-refractivity contribution is 5.84. The van der Waals surface area contributed by atoms with Crippen molar-refractivity contribution in [1.82, 2.24) is 20.7 Å². The van der Waals surface area contributed by atoms with Crippen LogP contribution in [0.5, 0.6) is 0 Å². The summed E-state index contributed by atoms with van der Waals surface area (Å²) in [7, 11) is 1.83. The Morgan fingerprint density at radius 1 is 1.13 bits per heavy atom. The SMILES string of the molecule is CN(CCCCCC1CC(c2ccc(F)cc2)NN1)C(=O)CN1CCCCCC1=O. The van der Waals surface area contributed by atoms with Crippen LogP contribution in [0.4, 0.5) is 4.39 Å². The predicted molar refractivity (Wildman–Crippen MR) is 115 cm³/mol. The highest BCUT2D eigenvalue weighted by Gasteiger charge is 2.24. The van der Waals surface area contributed by atoms with Crippen LogP contribution >= 0.6 is 0 Å². The molecule has 2 atom stereocenters. The molecule has 7 heteroatoms. The Labute approximate surface area is 179 Å². The van der Waals surface area contributed by atoms with Crippen LogP contribution in [-0.2, 0) is 9.59 Å². The molecule has 6 nitrogen and oxygen atoms in total. The minimum absolute atomic E-state index is 0.0362. The second-order valence-electron chi connectivity index (χ2n) is 8.62. The first-order valence-corrected chi connectivity index (χ1v) is 11.3. The van der Waals surface area contributed by atoms with Crippen LogP contribution in [0.25, 0.3) is 0 Å². The van der Waals surface area contributed by atoms with Gasteiger partial charge in [0.2, 0.25) is 11.8 Å². The Bertz CT molecular complexity index is 697. The number of likely N-dealkylation sites (tertiary alicyclic amines) is 1. The summed E-state index contributed by atoms with van der Waals surface area (Å²) in [6, 6.07) is 7.32. The summed E-state index contributed by atoms with van der Waals surface area (Å²) in [5.74, 6) is -0.0531. The molecule has 1 aromatic carbocycles. The Morgan fingerprint density at radius 3 is 2.73 bits per heavy atom. The summed E-state index contributed by atoms with van der Waals surface area (Å²) in [5.41, 5.74) is 7.76. The summed E-state index contributed by atoms with van der Waals surface area (Å²) >= 11 is 0. The molecule has 2 aliphatic rings. The molecule has 2 aliphatic heterocycles. The third-order valence-corrected chi connectivity index (χ3v) is 6.22. The number of amides is 2. The molecule has 2 fully saturated rings. The van der Waals surface area contributed by atoms with E-state index in [0.717, 1.165) is 63.5 Å². The van der Waals surface area contributed by atoms with E-state index in [9.17, 15) is 14.0 Å². The highest BCUT2D eigenvalue weighted by atomic mass is 19.1. The van der Waals surface area contributed by atoms with Crippen molar-refractivity contribution in [1.29, 1.82) is 0 Å². The van der Waals surface area contributed by atoms with Crippen molar-refractivity contribution in [3.8, 4) is 0 Å². The van der Waals surface area contributed by atoms with Gasteiger partial charge < -0.3 is 9.80 Å². The van der Waals surface area contributed by atoms with Gasteiger partial charge >= 0.3 is 0 Å². The summed E-state index contributed by atoms with van der Waals surface area (Å²) in [6.07, 6.45) is 8.79. The Hall–Kier alpha value is -1.99. The Balaban J connectivity index is 1.28. The van der Waals surface area contributed by atoms with Gasteiger partial charge in [0.05, 0.1) is 6.54 Å². The number of rotatable bonds is 9. The molecule has 0 radical (unpaired) electrons. The van der Waals surface area contributed by atoms with Crippen molar-refractivity contribution in [2.45, 2.75) is 69.9 Å². The molecule has 30 heavy (non-hydrogen) atoms. The van der Waals surface area contributed by atoms with Gasteiger partial charge in [0, 0.05) is 38.6 Å². The lowest BCUT2D eigenvalue weighted by atomic mass is 9.99. The molecule has 1 aromatic rings. The lowest BCUT2D eigenvalue weighted by Crippen LogP contribution is -2.41. The fourth-order valence-electron chi connectivity index (χ4n) is 4.26. The first-order valence-electron chi connectivity index (χ1n) is 11.3. The molecule has 2 amide bonds. The molecule has 166 valence electrons. The lowest BCUT2D eigenvalue weighted by Gasteiger charge is -2.24. The monoisotopic (exact) mass is 418 g/mol. The van der Waals surface area contributed by atoms with Gasteiger partial charge in [0.15, 0.2) is 0 Å².